The molecule has 88 valence electrons. The second-order valence-corrected chi connectivity index (χ2v) is 4.32. The summed E-state index contributed by atoms with van der Waals surface area (Å²) in [5.74, 6) is 6.81. The van der Waals surface area contributed by atoms with Gasteiger partial charge in [0.25, 0.3) is 0 Å². The van der Waals surface area contributed by atoms with E-state index in [4.69, 9.17) is 10.6 Å². The van der Waals surface area contributed by atoms with Gasteiger partial charge in [-0.05, 0) is 12.8 Å². The molecule has 0 amide bonds. The van der Waals surface area contributed by atoms with Gasteiger partial charge in [-0.3, -0.25) is 10.4 Å². The van der Waals surface area contributed by atoms with E-state index in [0.717, 1.165) is 32.3 Å². The monoisotopic (exact) mass is 214 g/mol. The number of nitrogens with zero attached hydrogens (tertiary/aromatic N) is 2. The Hall–Kier alpha value is -0.810. The van der Waals surface area contributed by atoms with Gasteiger partial charge in [-0.2, -0.15) is 0 Å². The summed E-state index contributed by atoms with van der Waals surface area (Å²) < 4.78 is 5.37. The Morgan fingerprint density at radius 2 is 2.40 bits per heavy atom. The van der Waals surface area contributed by atoms with Gasteiger partial charge >= 0.3 is 0 Å². The van der Waals surface area contributed by atoms with E-state index in [1.807, 2.05) is 0 Å². The second kappa shape index (κ2) is 5.92. The SMILES string of the molecule is CC(C)CN=C(NN)N1CCOCC1C. The minimum atomic E-state index is 0.334. The average Bonchev–Trinajstić information content (AvgIpc) is 2.21. The van der Waals surface area contributed by atoms with Crippen molar-refractivity contribution in [3.05, 3.63) is 0 Å². The molecular formula is C10H22N4O. The first-order valence-electron chi connectivity index (χ1n) is 5.50. The molecule has 0 aromatic carbocycles. The van der Waals surface area contributed by atoms with Crippen molar-refractivity contribution in [2.45, 2.75) is 26.8 Å². The van der Waals surface area contributed by atoms with Crippen LogP contribution in [0, 0.1) is 5.92 Å². The van der Waals surface area contributed by atoms with E-state index in [1.54, 1.807) is 0 Å². The van der Waals surface area contributed by atoms with Gasteiger partial charge < -0.3 is 9.64 Å². The van der Waals surface area contributed by atoms with Crippen LogP contribution in [0.2, 0.25) is 0 Å². The summed E-state index contributed by atoms with van der Waals surface area (Å²) >= 11 is 0. The lowest BCUT2D eigenvalue weighted by Crippen LogP contribution is -2.53. The number of aliphatic imine (C=N–C) groups is 1. The molecule has 1 unspecified atom stereocenters. The number of guanidine groups is 1. The molecule has 0 spiro atoms. The molecule has 5 nitrogen and oxygen atoms in total. The molecule has 3 N–H and O–H groups in total. The number of nitrogens with two attached hydrogens (primary N) is 1. The van der Waals surface area contributed by atoms with Crippen LogP contribution in [0.5, 0.6) is 0 Å². The Bertz CT molecular complexity index is 217. The van der Waals surface area contributed by atoms with Crippen LogP contribution >= 0.6 is 0 Å². The fourth-order valence-corrected chi connectivity index (χ4v) is 1.53. The van der Waals surface area contributed by atoms with Crippen molar-refractivity contribution in [2.75, 3.05) is 26.3 Å². The predicted molar refractivity (Wildman–Crippen MR) is 61.5 cm³/mol. The Kier molecular flexibility index (Phi) is 4.84. The highest BCUT2D eigenvalue weighted by atomic mass is 16.5. The summed E-state index contributed by atoms with van der Waals surface area (Å²) in [5.41, 5.74) is 2.68. The van der Waals surface area contributed by atoms with Crippen LogP contribution in [0.15, 0.2) is 4.99 Å². The first-order valence-corrected chi connectivity index (χ1v) is 5.50. The lowest BCUT2D eigenvalue weighted by atomic mass is 10.2. The molecule has 1 fully saturated rings. The van der Waals surface area contributed by atoms with Gasteiger partial charge in [0.05, 0.1) is 19.3 Å². The summed E-state index contributed by atoms with van der Waals surface area (Å²) in [6, 6.07) is 0.334. The Labute approximate surface area is 91.6 Å². The summed E-state index contributed by atoms with van der Waals surface area (Å²) in [7, 11) is 0. The maximum absolute atomic E-state index is 5.49. The molecule has 0 bridgehead atoms. The lowest BCUT2D eigenvalue weighted by Gasteiger charge is -2.35. The van der Waals surface area contributed by atoms with Crippen molar-refractivity contribution in [3.63, 3.8) is 0 Å². The third-order valence-electron chi connectivity index (χ3n) is 2.37. The van der Waals surface area contributed by atoms with Gasteiger partial charge in [-0.1, -0.05) is 13.8 Å². The Morgan fingerprint density at radius 3 is 2.93 bits per heavy atom. The first-order chi connectivity index (χ1) is 7.15. The van der Waals surface area contributed by atoms with E-state index < -0.39 is 0 Å². The zero-order valence-electron chi connectivity index (χ0n) is 9.86. The molecule has 0 aromatic heterocycles. The molecule has 1 aliphatic heterocycles. The number of hydrogen-bond donors (Lipinski definition) is 2. The summed E-state index contributed by atoms with van der Waals surface area (Å²) in [4.78, 5) is 6.63. The standard InChI is InChI=1S/C10H22N4O/c1-8(2)6-12-10(13-11)14-4-5-15-7-9(14)3/h8-9H,4-7,11H2,1-3H3,(H,12,13). The van der Waals surface area contributed by atoms with Crippen LogP contribution in [0.4, 0.5) is 0 Å². The topological polar surface area (TPSA) is 62.9 Å². The minimum absolute atomic E-state index is 0.334. The predicted octanol–water partition coefficient (Wildman–Crippen LogP) is 0.182. The quantitative estimate of drug-likeness (QED) is 0.298. The number of ether oxygens (including phenoxy) is 1. The van der Waals surface area contributed by atoms with Crippen molar-refractivity contribution >= 4 is 5.96 Å². The van der Waals surface area contributed by atoms with E-state index in [2.05, 4.69) is 36.1 Å². The summed E-state index contributed by atoms with van der Waals surface area (Å²) in [6.07, 6.45) is 0. The molecular weight excluding hydrogens is 192 g/mol. The highest BCUT2D eigenvalue weighted by Crippen LogP contribution is 2.06. The highest BCUT2D eigenvalue weighted by Gasteiger charge is 2.21. The van der Waals surface area contributed by atoms with Crippen molar-refractivity contribution in [1.82, 2.24) is 10.3 Å². The molecule has 1 atom stereocenters. The van der Waals surface area contributed by atoms with Crippen LogP contribution in [-0.4, -0.2) is 43.2 Å². The zero-order valence-corrected chi connectivity index (χ0v) is 9.86. The smallest absolute Gasteiger partial charge is 0.208 e. The lowest BCUT2D eigenvalue weighted by molar-refractivity contribution is 0.0314. The fraction of sp³-hybridized carbons (Fsp3) is 0.900. The van der Waals surface area contributed by atoms with Gasteiger partial charge in [-0.15, -0.1) is 0 Å². The molecule has 15 heavy (non-hydrogen) atoms. The molecule has 0 aliphatic carbocycles. The fourth-order valence-electron chi connectivity index (χ4n) is 1.53. The zero-order chi connectivity index (χ0) is 11.3. The first kappa shape index (κ1) is 12.3. The van der Waals surface area contributed by atoms with Gasteiger partial charge in [0.1, 0.15) is 0 Å². The van der Waals surface area contributed by atoms with Crippen LogP contribution < -0.4 is 11.3 Å². The third kappa shape index (κ3) is 3.68. The van der Waals surface area contributed by atoms with Crippen LogP contribution in [0.3, 0.4) is 0 Å². The highest BCUT2D eigenvalue weighted by molar-refractivity contribution is 5.79. The van der Waals surface area contributed by atoms with Crippen molar-refractivity contribution in [3.8, 4) is 0 Å². The number of hydrogen-bond acceptors (Lipinski definition) is 3. The maximum Gasteiger partial charge on any atom is 0.208 e. The molecule has 1 heterocycles. The van der Waals surface area contributed by atoms with Gasteiger partial charge in [-0.25, -0.2) is 5.84 Å². The average molecular weight is 214 g/mol. The molecule has 0 radical (unpaired) electrons. The number of nitrogens with one attached hydrogen (secondary N) is 1. The van der Waals surface area contributed by atoms with E-state index in [0.29, 0.717) is 12.0 Å². The maximum atomic E-state index is 5.49. The third-order valence-corrected chi connectivity index (χ3v) is 2.37. The molecule has 5 heteroatoms. The number of morpholine rings is 1. The number of rotatable bonds is 2. The Morgan fingerprint density at radius 1 is 1.67 bits per heavy atom. The van der Waals surface area contributed by atoms with E-state index in [9.17, 15) is 0 Å². The van der Waals surface area contributed by atoms with Crippen molar-refractivity contribution in [2.24, 2.45) is 16.8 Å². The minimum Gasteiger partial charge on any atom is -0.377 e. The van der Waals surface area contributed by atoms with Crippen LogP contribution in [0.25, 0.3) is 0 Å². The largest absolute Gasteiger partial charge is 0.377 e. The molecule has 1 aliphatic rings. The van der Waals surface area contributed by atoms with Crippen LogP contribution in [-0.2, 0) is 4.74 Å². The summed E-state index contributed by atoms with van der Waals surface area (Å²) in [6.45, 7) is 9.52. The summed E-state index contributed by atoms with van der Waals surface area (Å²) in [5, 5.41) is 0. The van der Waals surface area contributed by atoms with Crippen molar-refractivity contribution < 1.29 is 4.74 Å². The molecule has 0 saturated carbocycles. The van der Waals surface area contributed by atoms with Crippen LogP contribution in [0.1, 0.15) is 20.8 Å². The van der Waals surface area contributed by atoms with Gasteiger partial charge in [0, 0.05) is 13.1 Å². The van der Waals surface area contributed by atoms with Crippen molar-refractivity contribution in [1.29, 1.82) is 0 Å². The molecule has 1 saturated heterocycles. The normalized spacial score (nSPS) is 23.4. The van der Waals surface area contributed by atoms with Gasteiger partial charge in [0.15, 0.2) is 0 Å². The molecule has 0 aromatic rings. The van der Waals surface area contributed by atoms with E-state index >= 15 is 0 Å². The van der Waals surface area contributed by atoms with E-state index in [-0.39, 0.29) is 0 Å². The Balaban J connectivity index is 2.59. The second-order valence-electron chi connectivity index (χ2n) is 4.32. The van der Waals surface area contributed by atoms with E-state index in [1.165, 1.54) is 0 Å². The van der Waals surface area contributed by atoms with Gasteiger partial charge in [0.2, 0.25) is 5.96 Å². The number of hydrazine groups is 1. The molecule has 1 rings (SSSR count).